The predicted molar refractivity (Wildman–Crippen MR) is 102 cm³/mol. The number of anilines is 1. The first kappa shape index (κ1) is 18.4. The first-order valence-corrected chi connectivity index (χ1v) is 9.28. The summed E-state index contributed by atoms with van der Waals surface area (Å²) in [7, 11) is 2.02. The standard InChI is InChI=1S/C19H28N6O/c1-14(24(2)16-6-4-3-5-7-16)12-21-19(26)18-13-25(23-22-18)17-10-8-15(20)9-11-17/h3-7,13-15,17H,8-12,20H2,1-2H3,(H,21,26). The fraction of sp³-hybridized carbons (Fsp3) is 0.526. The third kappa shape index (κ3) is 4.40. The van der Waals surface area contributed by atoms with Crippen molar-refractivity contribution in [3.8, 4) is 0 Å². The molecule has 1 amide bonds. The maximum absolute atomic E-state index is 12.4. The van der Waals surface area contributed by atoms with Gasteiger partial charge in [0.05, 0.1) is 12.2 Å². The average molecular weight is 356 g/mol. The van der Waals surface area contributed by atoms with E-state index in [0.717, 1.165) is 31.4 Å². The summed E-state index contributed by atoms with van der Waals surface area (Å²) in [5.41, 5.74) is 7.44. The van der Waals surface area contributed by atoms with Crippen LogP contribution in [0.4, 0.5) is 5.69 Å². The van der Waals surface area contributed by atoms with Gasteiger partial charge in [-0.3, -0.25) is 4.79 Å². The number of para-hydroxylation sites is 1. The molecule has 1 aromatic carbocycles. The van der Waals surface area contributed by atoms with E-state index in [1.54, 1.807) is 6.20 Å². The highest BCUT2D eigenvalue weighted by Crippen LogP contribution is 2.26. The van der Waals surface area contributed by atoms with Crippen molar-refractivity contribution < 1.29 is 4.79 Å². The third-order valence-corrected chi connectivity index (χ3v) is 5.24. The summed E-state index contributed by atoms with van der Waals surface area (Å²) >= 11 is 0. The fourth-order valence-electron chi connectivity index (χ4n) is 3.31. The van der Waals surface area contributed by atoms with E-state index in [1.165, 1.54) is 0 Å². The number of nitrogens with one attached hydrogen (secondary N) is 1. The third-order valence-electron chi connectivity index (χ3n) is 5.24. The molecule has 1 unspecified atom stereocenters. The molecule has 3 N–H and O–H groups in total. The Bertz CT molecular complexity index is 708. The van der Waals surface area contributed by atoms with Crippen LogP contribution >= 0.6 is 0 Å². The Hall–Kier alpha value is -2.41. The van der Waals surface area contributed by atoms with Crippen molar-refractivity contribution >= 4 is 11.6 Å². The molecule has 1 aromatic heterocycles. The van der Waals surface area contributed by atoms with Gasteiger partial charge in [-0.2, -0.15) is 0 Å². The highest BCUT2D eigenvalue weighted by atomic mass is 16.2. The average Bonchev–Trinajstić information content (AvgIpc) is 3.16. The highest BCUT2D eigenvalue weighted by Gasteiger charge is 2.22. The van der Waals surface area contributed by atoms with Crippen LogP contribution in [0.25, 0.3) is 0 Å². The van der Waals surface area contributed by atoms with E-state index in [4.69, 9.17) is 5.73 Å². The molecule has 140 valence electrons. The number of carbonyl (C=O) groups excluding carboxylic acids is 1. The van der Waals surface area contributed by atoms with Crippen LogP contribution in [0.3, 0.4) is 0 Å². The van der Waals surface area contributed by atoms with Crippen molar-refractivity contribution in [3.05, 3.63) is 42.2 Å². The molecule has 3 rings (SSSR count). The molecule has 1 aliphatic rings. The number of nitrogens with zero attached hydrogens (tertiary/aromatic N) is 4. The molecule has 1 heterocycles. The zero-order valence-electron chi connectivity index (χ0n) is 15.5. The Morgan fingerprint density at radius 1 is 1.31 bits per heavy atom. The lowest BCUT2D eigenvalue weighted by atomic mass is 9.92. The first-order chi connectivity index (χ1) is 12.5. The lowest BCUT2D eigenvalue weighted by Crippen LogP contribution is -2.40. The van der Waals surface area contributed by atoms with Crippen molar-refractivity contribution in [1.82, 2.24) is 20.3 Å². The smallest absolute Gasteiger partial charge is 0.273 e. The predicted octanol–water partition coefficient (Wildman–Crippen LogP) is 1.98. The number of amides is 1. The normalized spacial score (nSPS) is 21.2. The summed E-state index contributed by atoms with van der Waals surface area (Å²) in [6, 6.07) is 10.9. The van der Waals surface area contributed by atoms with Crippen LogP contribution in [0.5, 0.6) is 0 Å². The van der Waals surface area contributed by atoms with Crippen molar-refractivity contribution in [2.24, 2.45) is 5.73 Å². The minimum absolute atomic E-state index is 0.163. The van der Waals surface area contributed by atoms with E-state index in [1.807, 2.05) is 29.9 Å². The Morgan fingerprint density at radius 3 is 2.69 bits per heavy atom. The van der Waals surface area contributed by atoms with Gasteiger partial charge in [0.2, 0.25) is 0 Å². The lowest BCUT2D eigenvalue weighted by Gasteiger charge is -2.27. The van der Waals surface area contributed by atoms with Gasteiger partial charge in [0.15, 0.2) is 5.69 Å². The molecule has 1 aliphatic carbocycles. The summed E-state index contributed by atoms with van der Waals surface area (Å²) in [6.45, 7) is 2.62. The van der Waals surface area contributed by atoms with E-state index in [-0.39, 0.29) is 11.9 Å². The second-order valence-corrected chi connectivity index (χ2v) is 7.16. The Balaban J connectivity index is 1.52. The number of hydrogen-bond donors (Lipinski definition) is 2. The number of carbonyl (C=O) groups is 1. The highest BCUT2D eigenvalue weighted by molar-refractivity contribution is 5.91. The van der Waals surface area contributed by atoms with Gasteiger partial charge in [-0.15, -0.1) is 5.10 Å². The van der Waals surface area contributed by atoms with Crippen molar-refractivity contribution in [2.75, 3.05) is 18.5 Å². The maximum Gasteiger partial charge on any atom is 0.273 e. The number of nitrogens with two attached hydrogens (primary N) is 1. The van der Waals surface area contributed by atoms with Gasteiger partial charge in [-0.25, -0.2) is 4.68 Å². The zero-order chi connectivity index (χ0) is 18.5. The number of likely N-dealkylation sites (N-methyl/N-ethyl adjacent to an activating group) is 1. The van der Waals surface area contributed by atoms with Crippen molar-refractivity contribution in [1.29, 1.82) is 0 Å². The molecule has 1 atom stereocenters. The molecule has 0 aliphatic heterocycles. The van der Waals surface area contributed by atoms with Crippen LogP contribution in [0.2, 0.25) is 0 Å². The molecule has 1 fully saturated rings. The molecule has 1 saturated carbocycles. The van der Waals surface area contributed by atoms with Crippen LogP contribution < -0.4 is 16.0 Å². The van der Waals surface area contributed by atoms with Crippen molar-refractivity contribution in [3.63, 3.8) is 0 Å². The summed E-state index contributed by atoms with van der Waals surface area (Å²) in [4.78, 5) is 14.5. The second-order valence-electron chi connectivity index (χ2n) is 7.16. The van der Waals surface area contributed by atoms with Crippen molar-refractivity contribution in [2.45, 2.75) is 50.7 Å². The van der Waals surface area contributed by atoms with E-state index < -0.39 is 0 Å². The van der Waals surface area contributed by atoms with Gasteiger partial charge in [0, 0.05) is 31.4 Å². The van der Waals surface area contributed by atoms with Gasteiger partial charge < -0.3 is 16.0 Å². The van der Waals surface area contributed by atoms with Gasteiger partial charge >= 0.3 is 0 Å². The molecule has 7 heteroatoms. The minimum Gasteiger partial charge on any atom is -0.370 e. The topological polar surface area (TPSA) is 89.1 Å². The Morgan fingerprint density at radius 2 is 2.00 bits per heavy atom. The minimum atomic E-state index is -0.183. The van der Waals surface area contributed by atoms with Gasteiger partial charge in [-0.1, -0.05) is 23.4 Å². The fourth-order valence-corrected chi connectivity index (χ4v) is 3.31. The SMILES string of the molecule is CC(CNC(=O)c1cn(C2CCC(N)CC2)nn1)N(C)c1ccccc1. The van der Waals surface area contributed by atoms with E-state index in [2.05, 4.69) is 39.6 Å². The molecule has 2 aromatic rings. The lowest BCUT2D eigenvalue weighted by molar-refractivity contribution is 0.0946. The summed E-state index contributed by atoms with van der Waals surface area (Å²) in [5, 5.41) is 11.2. The molecule has 0 spiro atoms. The maximum atomic E-state index is 12.4. The Kier molecular flexibility index (Phi) is 5.88. The summed E-state index contributed by atoms with van der Waals surface area (Å²) < 4.78 is 1.82. The van der Waals surface area contributed by atoms with Crippen LogP contribution in [0.15, 0.2) is 36.5 Å². The van der Waals surface area contributed by atoms with E-state index in [9.17, 15) is 4.79 Å². The van der Waals surface area contributed by atoms with Gasteiger partial charge in [0.1, 0.15) is 0 Å². The number of hydrogen-bond acceptors (Lipinski definition) is 5. The number of aromatic nitrogens is 3. The summed E-state index contributed by atoms with van der Waals surface area (Å²) in [6.07, 6.45) is 5.72. The second kappa shape index (κ2) is 8.31. The molecular formula is C19H28N6O. The van der Waals surface area contributed by atoms with E-state index in [0.29, 0.717) is 24.3 Å². The molecule has 7 nitrogen and oxygen atoms in total. The largest absolute Gasteiger partial charge is 0.370 e. The van der Waals surface area contributed by atoms with E-state index >= 15 is 0 Å². The molecular weight excluding hydrogens is 328 g/mol. The summed E-state index contributed by atoms with van der Waals surface area (Å²) in [5.74, 6) is -0.183. The monoisotopic (exact) mass is 356 g/mol. The van der Waals surface area contributed by atoms with Crippen LogP contribution in [0, 0.1) is 0 Å². The number of benzene rings is 1. The molecule has 0 radical (unpaired) electrons. The number of rotatable bonds is 6. The van der Waals surface area contributed by atoms with Gasteiger partial charge in [-0.05, 0) is 44.7 Å². The van der Waals surface area contributed by atoms with Gasteiger partial charge in [0.25, 0.3) is 5.91 Å². The van der Waals surface area contributed by atoms with Crippen LogP contribution in [-0.2, 0) is 0 Å². The van der Waals surface area contributed by atoms with Crippen LogP contribution in [-0.4, -0.2) is 46.6 Å². The zero-order valence-corrected chi connectivity index (χ0v) is 15.5. The molecule has 0 bridgehead atoms. The first-order valence-electron chi connectivity index (χ1n) is 9.28. The Labute approximate surface area is 154 Å². The van der Waals surface area contributed by atoms with Crippen LogP contribution in [0.1, 0.15) is 49.1 Å². The molecule has 0 saturated heterocycles. The quantitative estimate of drug-likeness (QED) is 0.826. The molecule has 26 heavy (non-hydrogen) atoms.